The van der Waals surface area contributed by atoms with Crippen molar-refractivity contribution in [3.8, 4) is 0 Å². The Morgan fingerprint density at radius 2 is 1.38 bits per heavy atom. The summed E-state index contributed by atoms with van der Waals surface area (Å²) in [5.74, 6) is -3.04. The molecule has 1 rings (SSSR count). The molecule has 5 heteroatoms. The first-order valence-electron chi connectivity index (χ1n) is 9.03. The van der Waals surface area contributed by atoms with Crippen molar-refractivity contribution in [1.29, 1.82) is 0 Å². The molecule has 0 atom stereocenters. The topological polar surface area (TPSA) is 17.1 Å². The van der Waals surface area contributed by atoms with Gasteiger partial charge in [-0.15, -0.1) is 0 Å². The molecule has 0 N–H and O–H groups in total. The van der Waals surface area contributed by atoms with Gasteiger partial charge in [0.25, 0.3) is 0 Å². The zero-order chi connectivity index (χ0) is 18.2. The van der Waals surface area contributed by atoms with Crippen molar-refractivity contribution in [3.05, 3.63) is 33.8 Å². The van der Waals surface area contributed by atoms with Crippen LogP contribution in [0.5, 0.6) is 0 Å². The van der Waals surface area contributed by atoms with E-state index in [-0.39, 0.29) is 5.52 Å². The normalized spacial score (nSPS) is 13.5. The van der Waals surface area contributed by atoms with E-state index < -0.39 is 5.96 Å². The first-order valence-corrected chi connectivity index (χ1v) is 13.5. The van der Waals surface area contributed by atoms with Crippen LogP contribution in [0, 0.1) is 0 Å². The molecule has 0 heterocycles. The Morgan fingerprint density at radius 3 is 1.75 bits per heavy atom. The van der Waals surface area contributed by atoms with E-state index in [2.05, 4.69) is 20.8 Å². The number of carbonyl (C=O) groups excluding carboxylic acids is 1. The molecule has 0 spiro atoms. The maximum atomic E-state index is 13.6. The van der Waals surface area contributed by atoms with E-state index >= 15 is 0 Å². The van der Waals surface area contributed by atoms with Crippen molar-refractivity contribution in [2.75, 3.05) is 18.5 Å². The Bertz CT molecular complexity index is 535. The number of carbonyl (C=O) groups is 1. The summed E-state index contributed by atoms with van der Waals surface area (Å²) in [7, 11) is 0. The van der Waals surface area contributed by atoms with Crippen molar-refractivity contribution >= 4 is 45.9 Å². The average molecular weight is 412 g/mol. The van der Waals surface area contributed by atoms with Gasteiger partial charge in [0.15, 0.2) is 0 Å². The van der Waals surface area contributed by atoms with Gasteiger partial charge in [-0.1, -0.05) is 0 Å². The van der Waals surface area contributed by atoms with E-state index in [1.54, 1.807) is 18.2 Å². The van der Waals surface area contributed by atoms with E-state index in [0.29, 0.717) is 15.6 Å². The van der Waals surface area contributed by atoms with Gasteiger partial charge in [-0.05, 0) is 0 Å². The molecule has 0 aliphatic heterocycles. The average Bonchev–Trinajstić information content (AvgIpc) is 2.56. The van der Waals surface area contributed by atoms with Crippen molar-refractivity contribution < 1.29 is 4.79 Å². The molecule has 0 fully saturated rings. The molecule has 0 saturated heterocycles. The third-order valence-corrected chi connectivity index (χ3v) is 12.6. The Morgan fingerprint density at radius 1 is 0.917 bits per heavy atom. The van der Waals surface area contributed by atoms with Crippen LogP contribution in [0.3, 0.4) is 0 Å². The second-order valence-electron chi connectivity index (χ2n) is 6.75. The summed E-state index contributed by atoms with van der Waals surface area (Å²) in [4.78, 5) is 13.6. The van der Waals surface area contributed by atoms with Gasteiger partial charge in [0.2, 0.25) is 0 Å². The quantitative estimate of drug-likeness (QED) is 0.335. The Kier molecular flexibility index (Phi) is 9.05. The summed E-state index contributed by atoms with van der Waals surface area (Å²) in [5, 5.41) is 0.966. The molecular formula is C19H30Cl3OP. The van der Waals surface area contributed by atoms with Crippen LogP contribution >= 0.6 is 40.4 Å². The minimum atomic E-state index is -3.04. The summed E-state index contributed by atoms with van der Waals surface area (Å²) >= 11 is 19.8. The third-order valence-electron chi connectivity index (χ3n) is 4.74. The van der Waals surface area contributed by atoms with Crippen molar-refractivity contribution in [3.63, 3.8) is 0 Å². The van der Waals surface area contributed by atoms with Crippen LogP contribution in [-0.2, 0) is 0 Å². The molecule has 1 nitrogen and oxygen atoms in total. The maximum absolute atomic E-state index is 13.6. The molecule has 138 valence electrons. The molecule has 0 aliphatic carbocycles. The van der Waals surface area contributed by atoms with Gasteiger partial charge in [-0.2, -0.15) is 0 Å². The molecule has 1 aromatic rings. The van der Waals surface area contributed by atoms with E-state index in [1.165, 1.54) is 0 Å². The van der Waals surface area contributed by atoms with Crippen LogP contribution in [-0.4, -0.2) is 24.0 Å². The molecule has 0 saturated carbocycles. The number of hydrogen-bond donors (Lipinski definition) is 0. The van der Waals surface area contributed by atoms with Gasteiger partial charge >= 0.3 is 162 Å². The second-order valence-corrected chi connectivity index (χ2v) is 15.2. The summed E-state index contributed by atoms with van der Waals surface area (Å²) in [5.41, 5.74) is 0.650. The fraction of sp³-hybridized carbons (Fsp3) is 0.632. The number of rotatable bonds is 11. The molecule has 0 unspecified atom stereocenters. The monoisotopic (exact) mass is 410 g/mol. The minimum absolute atomic E-state index is 0.0969. The van der Waals surface area contributed by atoms with E-state index in [4.69, 9.17) is 34.4 Å². The zero-order valence-electron chi connectivity index (χ0n) is 15.1. The number of halogens is 3. The van der Waals surface area contributed by atoms with Crippen molar-refractivity contribution in [2.24, 2.45) is 0 Å². The third kappa shape index (κ3) is 5.34. The molecule has 0 bridgehead atoms. The molecule has 0 aromatic heterocycles. The van der Waals surface area contributed by atoms with E-state index in [9.17, 15) is 4.79 Å². The van der Waals surface area contributed by atoms with Gasteiger partial charge in [0.05, 0.1) is 0 Å². The van der Waals surface area contributed by atoms with Crippen LogP contribution < -0.4 is 0 Å². The first kappa shape index (κ1) is 22.2. The Hall–Kier alpha value is 0.190. The number of hydrogen-bond acceptors (Lipinski definition) is 1. The van der Waals surface area contributed by atoms with Crippen LogP contribution in [0.1, 0.15) is 69.7 Å². The predicted molar refractivity (Wildman–Crippen MR) is 113 cm³/mol. The van der Waals surface area contributed by atoms with Gasteiger partial charge in [0.1, 0.15) is 0 Å². The molecule has 1 aromatic carbocycles. The summed E-state index contributed by atoms with van der Waals surface area (Å²) in [6, 6.07) is 5.13. The van der Waals surface area contributed by atoms with Crippen LogP contribution in [0.15, 0.2) is 18.2 Å². The Balaban J connectivity index is 3.37. The molecular weight excluding hydrogens is 382 g/mol. The first-order chi connectivity index (χ1) is 11.3. The molecule has 0 radical (unpaired) electrons. The van der Waals surface area contributed by atoms with E-state index in [1.807, 2.05) is 0 Å². The van der Waals surface area contributed by atoms with Crippen LogP contribution in [0.25, 0.3) is 0 Å². The zero-order valence-corrected chi connectivity index (χ0v) is 18.2. The molecule has 0 aliphatic rings. The summed E-state index contributed by atoms with van der Waals surface area (Å²) in [6.45, 7) is 6.45. The summed E-state index contributed by atoms with van der Waals surface area (Å²) < 4.78 is 0. The SMILES string of the molecule is CCCCP(Cl)(CCCC)(CCCC)C(=O)c1ccc(Cl)cc1Cl. The number of benzene rings is 1. The fourth-order valence-electron chi connectivity index (χ4n) is 3.17. The van der Waals surface area contributed by atoms with Gasteiger partial charge in [0, 0.05) is 0 Å². The molecule has 24 heavy (non-hydrogen) atoms. The van der Waals surface area contributed by atoms with Gasteiger partial charge in [-0.25, -0.2) is 0 Å². The van der Waals surface area contributed by atoms with Crippen molar-refractivity contribution in [2.45, 2.75) is 59.3 Å². The van der Waals surface area contributed by atoms with Crippen LogP contribution in [0.4, 0.5) is 0 Å². The standard InChI is InChI=1S/C19H30Cl3OP/c1-4-7-12-24(22,13-8-5-2,14-9-6-3)19(23)17-11-10-16(20)15-18(17)21/h10-11,15H,4-9,12-14H2,1-3H3. The molecule has 0 amide bonds. The predicted octanol–water partition coefficient (Wildman–Crippen LogP) is 8.24. The van der Waals surface area contributed by atoms with Gasteiger partial charge < -0.3 is 0 Å². The van der Waals surface area contributed by atoms with Gasteiger partial charge in [-0.3, -0.25) is 0 Å². The second kappa shape index (κ2) is 9.77. The Labute approximate surface area is 162 Å². The number of unbranched alkanes of at least 4 members (excludes halogenated alkanes) is 3. The van der Waals surface area contributed by atoms with Crippen molar-refractivity contribution in [1.82, 2.24) is 0 Å². The fourth-order valence-corrected chi connectivity index (χ4v) is 10.3. The van der Waals surface area contributed by atoms with E-state index in [0.717, 1.165) is 57.0 Å². The summed E-state index contributed by atoms with van der Waals surface area (Å²) in [6.07, 6.45) is 8.58. The van der Waals surface area contributed by atoms with Crippen LogP contribution in [0.2, 0.25) is 10.0 Å².